The van der Waals surface area contributed by atoms with Gasteiger partial charge in [0.15, 0.2) is 0 Å². The Morgan fingerprint density at radius 2 is 2.20 bits per heavy atom. The van der Waals surface area contributed by atoms with Crippen LogP contribution in [0.15, 0.2) is 28.7 Å². The summed E-state index contributed by atoms with van der Waals surface area (Å²) >= 11 is 3.50. The van der Waals surface area contributed by atoms with E-state index in [0.29, 0.717) is 19.6 Å². The fraction of sp³-hybridized carbons (Fsp3) is 0.429. The van der Waals surface area contributed by atoms with Gasteiger partial charge in [-0.2, -0.15) is 0 Å². The van der Waals surface area contributed by atoms with Crippen LogP contribution < -0.4 is 5.32 Å². The Morgan fingerprint density at radius 3 is 2.80 bits per heavy atom. The Bertz CT molecular complexity index is 521. The van der Waals surface area contributed by atoms with Crippen LogP contribution in [0.4, 0.5) is 4.79 Å². The van der Waals surface area contributed by atoms with E-state index < -0.39 is 0 Å². The Labute approximate surface area is 127 Å². The first-order chi connectivity index (χ1) is 9.50. The lowest BCUT2D eigenvalue weighted by Crippen LogP contribution is -2.46. The predicted molar refractivity (Wildman–Crippen MR) is 80.2 cm³/mol. The van der Waals surface area contributed by atoms with E-state index in [0.717, 1.165) is 10.0 Å². The Balaban J connectivity index is 2.01. The number of nitrogens with one attached hydrogen (secondary N) is 1. The summed E-state index contributed by atoms with van der Waals surface area (Å²) in [5.74, 6) is -0.158. The summed E-state index contributed by atoms with van der Waals surface area (Å²) in [6.45, 7) is 3.45. The normalized spacial score (nSPS) is 16.4. The molecule has 1 atom stereocenters. The van der Waals surface area contributed by atoms with Crippen molar-refractivity contribution in [3.63, 3.8) is 0 Å². The predicted octanol–water partition coefficient (Wildman–Crippen LogP) is 1.82. The van der Waals surface area contributed by atoms with Crippen molar-refractivity contribution in [1.29, 1.82) is 0 Å². The number of imide groups is 1. The van der Waals surface area contributed by atoms with Crippen molar-refractivity contribution in [3.8, 4) is 0 Å². The molecule has 6 heteroatoms. The largest absolute Gasteiger partial charge is 0.336 e. The van der Waals surface area contributed by atoms with Crippen LogP contribution in [-0.2, 0) is 11.3 Å². The van der Waals surface area contributed by atoms with Gasteiger partial charge in [0.2, 0.25) is 5.91 Å². The van der Waals surface area contributed by atoms with Gasteiger partial charge in [0.05, 0.1) is 6.04 Å². The van der Waals surface area contributed by atoms with Crippen LogP contribution in [0.25, 0.3) is 0 Å². The van der Waals surface area contributed by atoms with Gasteiger partial charge >= 0.3 is 6.03 Å². The molecule has 108 valence electrons. The summed E-state index contributed by atoms with van der Waals surface area (Å²) in [5, 5.41) is 2.64. The average Bonchev–Trinajstić information content (AvgIpc) is 2.86. The van der Waals surface area contributed by atoms with Gasteiger partial charge in [0, 0.05) is 24.1 Å². The molecule has 0 radical (unpaired) electrons. The van der Waals surface area contributed by atoms with Gasteiger partial charge in [-0.3, -0.25) is 14.6 Å². The molecule has 5 nitrogen and oxygen atoms in total. The highest BCUT2D eigenvalue weighted by atomic mass is 79.9. The second-order valence-corrected chi connectivity index (χ2v) is 5.76. The fourth-order valence-corrected chi connectivity index (χ4v) is 2.54. The van der Waals surface area contributed by atoms with Crippen LogP contribution in [0.2, 0.25) is 0 Å². The Kier molecular flexibility index (Phi) is 4.77. The SMILES string of the molecule is CC(C(=O)N1CCNC1=O)N(C)Cc1ccccc1Br. The van der Waals surface area contributed by atoms with Crippen molar-refractivity contribution in [2.24, 2.45) is 0 Å². The molecule has 1 aliphatic heterocycles. The van der Waals surface area contributed by atoms with E-state index in [9.17, 15) is 9.59 Å². The number of likely N-dealkylation sites (N-methyl/N-ethyl adjacent to an activating group) is 1. The zero-order chi connectivity index (χ0) is 14.7. The molecular formula is C14H18BrN3O2. The summed E-state index contributed by atoms with van der Waals surface area (Å²) in [7, 11) is 1.88. The number of hydrogen-bond acceptors (Lipinski definition) is 3. The van der Waals surface area contributed by atoms with E-state index in [1.165, 1.54) is 4.90 Å². The van der Waals surface area contributed by atoms with Gasteiger partial charge in [-0.15, -0.1) is 0 Å². The molecule has 0 bridgehead atoms. The van der Waals surface area contributed by atoms with E-state index in [4.69, 9.17) is 0 Å². The molecule has 1 unspecified atom stereocenters. The van der Waals surface area contributed by atoms with Gasteiger partial charge in [-0.1, -0.05) is 34.1 Å². The number of urea groups is 1. The number of halogens is 1. The summed E-state index contributed by atoms with van der Waals surface area (Å²) in [6, 6.07) is 7.27. The molecule has 1 aliphatic rings. The molecule has 1 aromatic rings. The van der Waals surface area contributed by atoms with Gasteiger partial charge in [-0.05, 0) is 25.6 Å². The highest BCUT2D eigenvalue weighted by molar-refractivity contribution is 9.10. The maximum atomic E-state index is 12.3. The van der Waals surface area contributed by atoms with Crippen LogP contribution in [0, 0.1) is 0 Å². The molecule has 0 aliphatic carbocycles. The lowest BCUT2D eigenvalue weighted by molar-refractivity contribution is -0.132. The third-order valence-electron chi connectivity index (χ3n) is 3.52. The number of amides is 3. The van der Waals surface area contributed by atoms with Crippen molar-refractivity contribution in [1.82, 2.24) is 15.1 Å². The molecule has 0 aromatic heterocycles. The highest BCUT2D eigenvalue weighted by Crippen LogP contribution is 2.18. The third-order valence-corrected chi connectivity index (χ3v) is 4.29. The van der Waals surface area contributed by atoms with Crippen LogP contribution in [0.5, 0.6) is 0 Å². The van der Waals surface area contributed by atoms with Crippen molar-refractivity contribution >= 4 is 27.9 Å². The van der Waals surface area contributed by atoms with Gasteiger partial charge in [0.1, 0.15) is 0 Å². The molecule has 1 fully saturated rings. The van der Waals surface area contributed by atoms with Gasteiger partial charge in [-0.25, -0.2) is 4.79 Å². The van der Waals surface area contributed by atoms with E-state index in [1.54, 1.807) is 0 Å². The summed E-state index contributed by atoms with van der Waals surface area (Å²) in [6.07, 6.45) is 0. The average molecular weight is 340 g/mol. The van der Waals surface area contributed by atoms with Crippen molar-refractivity contribution < 1.29 is 9.59 Å². The molecule has 1 saturated heterocycles. The molecule has 1 aromatic carbocycles. The second-order valence-electron chi connectivity index (χ2n) is 4.90. The molecule has 1 N–H and O–H groups in total. The number of nitrogens with zero attached hydrogens (tertiary/aromatic N) is 2. The smallest absolute Gasteiger partial charge is 0.324 e. The quantitative estimate of drug-likeness (QED) is 0.910. The van der Waals surface area contributed by atoms with Crippen molar-refractivity contribution in [2.75, 3.05) is 20.1 Å². The monoisotopic (exact) mass is 339 g/mol. The van der Waals surface area contributed by atoms with E-state index in [2.05, 4.69) is 21.2 Å². The van der Waals surface area contributed by atoms with E-state index >= 15 is 0 Å². The summed E-state index contributed by atoms with van der Waals surface area (Å²) in [4.78, 5) is 27.0. The first kappa shape index (κ1) is 15.0. The van der Waals surface area contributed by atoms with Crippen molar-refractivity contribution in [3.05, 3.63) is 34.3 Å². The van der Waals surface area contributed by atoms with Crippen molar-refractivity contribution in [2.45, 2.75) is 19.5 Å². The Morgan fingerprint density at radius 1 is 1.50 bits per heavy atom. The number of hydrogen-bond donors (Lipinski definition) is 1. The first-order valence-electron chi connectivity index (χ1n) is 6.53. The van der Waals surface area contributed by atoms with Crippen LogP contribution in [0.3, 0.4) is 0 Å². The minimum Gasteiger partial charge on any atom is -0.336 e. The standard InChI is InChI=1S/C14H18BrN3O2/c1-10(13(19)18-8-7-16-14(18)20)17(2)9-11-5-3-4-6-12(11)15/h3-6,10H,7-9H2,1-2H3,(H,16,20). The molecule has 0 spiro atoms. The number of carbonyl (C=O) groups excluding carboxylic acids is 2. The van der Waals surface area contributed by atoms with E-state index in [1.807, 2.05) is 43.1 Å². The topological polar surface area (TPSA) is 52.7 Å². The number of rotatable bonds is 4. The maximum absolute atomic E-state index is 12.3. The minimum atomic E-state index is -0.342. The highest BCUT2D eigenvalue weighted by Gasteiger charge is 2.31. The van der Waals surface area contributed by atoms with Crippen LogP contribution >= 0.6 is 15.9 Å². The van der Waals surface area contributed by atoms with Crippen LogP contribution in [-0.4, -0.2) is 47.9 Å². The maximum Gasteiger partial charge on any atom is 0.324 e. The molecular weight excluding hydrogens is 322 g/mol. The molecule has 3 amide bonds. The van der Waals surface area contributed by atoms with Gasteiger partial charge in [0.25, 0.3) is 0 Å². The third kappa shape index (κ3) is 3.19. The Hall–Kier alpha value is -1.40. The lowest BCUT2D eigenvalue weighted by atomic mass is 10.2. The zero-order valence-electron chi connectivity index (χ0n) is 11.6. The lowest BCUT2D eigenvalue weighted by Gasteiger charge is -2.26. The van der Waals surface area contributed by atoms with Crippen LogP contribution in [0.1, 0.15) is 12.5 Å². The molecule has 1 heterocycles. The van der Waals surface area contributed by atoms with E-state index in [-0.39, 0.29) is 18.0 Å². The number of benzene rings is 1. The molecule has 0 saturated carbocycles. The zero-order valence-corrected chi connectivity index (χ0v) is 13.2. The minimum absolute atomic E-state index is 0.158. The van der Waals surface area contributed by atoms with Gasteiger partial charge < -0.3 is 5.32 Å². The molecule has 2 rings (SSSR count). The fourth-order valence-electron chi connectivity index (χ4n) is 2.13. The molecule has 20 heavy (non-hydrogen) atoms. The second kappa shape index (κ2) is 6.37. The first-order valence-corrected chi connectivity index (χ1v) is 7.33. The summed E-state index contributed by atoms with van der Waals surface area (Å²) in [5.41, 5.74) is 1.11. The number of carbonyl (C=O) groups is 2. The summed E-state index contributed by atoms with van der Waals surface area (Å²) < 4.78 is 1.02.